The summed E-state index contributed by atoms with van der Waals surface area (Å²) in [5.41, 5.74) is 7.34. The number of hydrogen-bond donors (Lipinski definition) is 2. The molecule has 1 amide bonds. The first kappa shape index (κ1) is 17.1. The predicted molar refractivity (Wildman–Crippen MR) is 87.8 cm³/mol. The Morgan fingerprint density at radius 1 is 0.913 bits per heavy atom. The first-order valence-electron chi connectivity index (χ1n) is 7.60. The van der Waals surface area contributed by atoms with Gasteiger partial charge in [0.2, 0.25) is 5.91 Å². The van der Waals surface area contributed by atoms with Gasteiger partial charge in [0.15, 0.2) is 0 Å². The van der Waals surface area contributed by atoms with Crippen LogP contribution in [0.1, 0.15) is 18.1 Å². The normalized spacial score (nSPS) is 11.9. The summed E-state index contributed by atoms with van der Waals surface area (Å²) in [7, 11) is 0. The summed E-state index contributed by atoms with van der Waals surface area (Å²) in [6.07, 6.45) is 0. The molecular weight excluding hydrogens is 292 g/mol. The van der Waals surface area contributed by atoms with Crippen LogP contribution in [0.2, 0.25) is 0 Å². The fourth-order valence-corrected chi connectivity index (χ4v) is 1.85. The average molecular weight is 314 g/mol. The van der Waals surface area contributed by atoms with Gasteiger partial charge in [0, 0.05) is 6.54 Å². The van der Waals surface area contributed by atoms with Gasteiger partial charge in [0.25, 0.3) is 0 Å². The number of carbonyl (C=O) groups excluding carboxylic acids is 1. The Kier molecular flexibility index (Phi) is 7.26. The van der Waals surface area contributed by atoms with Crippen molar-refractivity contribution in [2.45, 2.75) is 20.1 Å². The van der Waals surface area contributed by atoms with Crippen LogP contribution in [0.25, 0.3) is 0 Å². The van der Waals surface area contributed by atoms with Gasteiger partial charge in [0.1, 0.15) is 0 Å². The molecule has 0 aliphatic rings. The summed E-state index contributed by atoms with van der Waals surface area (Å²) in [5.74, 6) is -0.446. The maximum Gasteiger partial charge on any atom is 0.247 e. The quantitative estimate of drug-likeness (QED) is 0.552. The molecule has 5 nitrogen and oxygen atoms in total. The fourth-order valence-electron chi connectivity index (χ4n) is 1.85. The molecule has 122 valence electrons. The lowest BCUT2D eigenvalue weighted by atomic mass is 10.2. The summed E-state index contributed by atoms with van der Waals surface area (Å²) in [4.78, 5) is 22.4. The number of hydroxylamine groups is 2. The molecule has 0 fully saturated rings. The second kappa shape index (κ2) is 9.74. The van der Waals surface area contributed by atoms with Crippen LogP contribution in [0.5, 0.6) is 0 Å². The minimum Gasteiger partial charge on any atom is -0.297 e. The third-order valence-electron chi connectivity index (χ3n) is 3.28. The van der Waals surface area contributed by atoms with Crippen LogP contribution in [-0.2, 0) is 27.7 Å². The van der Waals surface area contributed by atoms with E-state index in [-0.39, 0.29) is 11.8 Å². The minimum absolute atomic E-state index is 0.184. The number of benzene rings is 2. The van der Waals surface area contributed by atoms with Crippen LogP contribution in [0.15, 0.2) is 60.7 Å². The smallest absolute Gasteiger partial charge is 0.247 e. The Labute approximate surface area is 136 Å². The molecule has 0 saturated carbocycles. The van der Waals surface area contributed by atoms with E-state index < -0.39 is 0 Å². The van der Waals surface area contributed by atoms with Crippen LogP contribution in [0, 0.1) is 5.92 Å². The monoisotopic (exact) mass is 314 g/mol. The van der Waals surface area contributed by atoms with E-state index in [9.17, 15) is 4.79 Å². The highest BCUT2D eigenvalue weighted by molar-refractivity contribution is 5.77. The molecule has 2 aromatic rings. The molecule has 0 aliphatic carbocycles. The van der Waals surface area contributed by atoms with Crippen molar-refractivity contribution in [2.75, 3.05) is 6.54 Å². The Balaban J connectivity index is 1.57. The fraction of sp³-hybridized carbons (Fsp3) is 0.278. The third kappa shape index (κ3) is 6.61. The zero-order valence-electron chi connectivity index (χ0n) is 13.2. The molecule has 2 aromatic carbocycles. The minimum atomic E-state index is -0.262. The van der Waals surface area contributed by atoms with Gasteiger partial charge in [-0.2, -0.15) is 0 Å². The number of hydrogen-bond acceptors (Lipinski definition) is 4. The molecule has 5 heteroatoms. The van der Waals surface area contributed by atoms with Crippen LogP contribution in [0.3, 0.4) is 0 Å². The van der Waals surface area contributed by atoms with Crippen LogP contribution >= 0.6 is 0 Å². The van der Waals surface area contributed by atoms with Crippen LogP contribution < -0.4 is 11.0 Å². The Morgan fingerprint density at radius 3 is 2.00 bits per heavy atom. The van der Waals surface area contributed by atoms with Crippen molar-refractivity contribution in [1.82, 2.24) is 11.0 Å². The summed E-state index contributed by atoms with van der Waals surface area (Å²) < 4.78 is 0. The lowest BCUT2D eigenvalue weighted by Crippen LogP contribution is -2.35. The van der Waals surface area contributed by atoms with E-state index in [2.05, 4.69) is 11.0 Å². The lowest BCUT2D eigenvalue weighted by molar-refractivity contribution is -0.139. The van der Waals surface area contributed by atoms with E-state index in [1.807, 2.05) is 60.7 Å². The van der Waals surface area contributed by atoms with Crippen LogP contribution in [-0.4, -0.2) is 12.5 Å². The van der Waals surface area contributed by atoms with Gasteiger partial charge in [0.05, 0.1) is 19.1 Å². The summed E-state index contributed by atoms with van der Waals surface area (Å²) in [5, 5.41) is 0. The SMILES string of the molecule is CC(CNOCc1ccccc1)C(=O)NOCc1ccccc1. The summed E-state index contributed by atoms with van der Waals surface area (Å²) >= 11 is 0. The predicted octanol–water partition coefficient (Wildman–Crippen LogP) is 2.59. The van der Waals surface area contributed by atoms with Crippen molar-refractivity contribution < 1.29 is 14.5 Å². The molecular formula is C18H22N2O3. The van der Waals surface area contributed by atoms with E-state index in [1.54, 1.807) is 6.92 Å². The molecule has 1 atom stereocenters. The van der Waals surface area contributed by atoms with Crippen molar-refractivity contribution in [3.8, 4) is 0 Å². The van der Waals surface area contributed by atoms with Crippen molar-refractivity contribution in [2.24, 2.45) is 5.92 Å². The Bertz CT molecular complexity index is 575. The number of amides is 1. The lowest BCUT2D eigenvalue weighted by Gasteiger charge is -2.13. The van der Waals surface area contributed by atoms with E-state index in [4.69, 9.17) is 9.68 Å². The van der Waals surface area contributed by atoms with Gasteiger partial charge in [-0.3, -0.25) is 14.5 Å². The van der Waals surface area contributed by atoms with E-state index >= 15 is 0 Å². The molecule has 0 bridgehead atoms. The zero-order valence-corrected chi connectivity index (χ0v) is 13.2. The van der Waals surface area contributed by atoms with Crippen molar-refractivity contribution in [3.63, 3.8) is 0 Å². The highest BCUT2D eigenvalue weighted by Crippen LogP contribution is 2.01. The first-order valence-corrected chi connectivity index (χ1v) is 7.60. The first-order chi connectivity index (χ1) is 11.3. The molecule has 0 aliphatic heterocycles. The van der Waals surface area contributed by atoms with Gasteiger partial charge in [-0.15, -0.1) is 0 Å². The second-order valence-corrected chi connectivity index (χ2v) is 5.26. The number of rotatable bonds is 9. The van der Waals surface area contributed by atoms with E-state index in [0.29, 0.717) is 19.8 Å². The molecule has 0 heterocycles. The highest BCUT2D eigenvalue weighted by atomic mass is 16.7. The Hall–Kier alpha value is -2.21. The maximum absolute atomic E-state index is 11.9. The summed E-state index contributed by atoms with van der Waals surface area (Å²) in [6, 6.07) is 19.5. The molecule has 0 spiro atoms. The molecule has 23 heavy (non-hydrogen) atoms. The third-order valence-corrected chi connectivity index (χ3v) is 3.28. The Morgan fingerprint density at radius 2 is 1.43 bits per heavy atom. The number of carbonyl (C=O) groups is 1. The standard InChI is InChI=1S/C18H22N2O3/c1-15(12-19-22-13-16-8-4-2-5-9-16)18(21)20-23-14-17-10-6-3-7-11-17/h2-11,15,19H,12-14H2,1H3,(H,20,21). The molecule has 0 saturated heterocycles. The summed E-state index contributed by atoms with van der Waals surface area (Å²) in [6.45, 7) is 3.02. The van der Waals surface area contributed by atoms with Gasteiger partial charge in [-0.1, -0.05) is 67.6 Å². The van der Waals surface area contributed by atoms with Crippen molar-refractivity contribution in [3.05, 3.63) is 71.8 Å². The molecule has 2 N–H and O–H groups in total. The van der Waals surface area contributed by atoms with E-state index in [0.717, 1.165) is 11.1 Å². The zero-order chi connectivity index (χ0) is 16.3. The van der Waals surface area contributed by atoms with Crippen LogP contribution in [0.4, 0.5) is 0 Å². The molecule has 2 rings (SSSR count). The highest BCUT2D eigenvalue weighted by Gasteiger charge is 2.12. The largest absolute Gasteiger partial charge is 0.297 e. The average Bonchev–Trinajstić information content (AvgIpc) is 2.60. The van der Waals surface area contributed by atoms with Gasteiger partial charge >= 0.3 is 0 Å². The number of nitrogens with one attached hydrogen (secondary N) is 2. The van der Waals surface area contributed by atoms with E-state index in [1.165, 1.54) is 0 Å². The maximum atomic E-state index is 11.9. The van der Waals surface area contributed by atoms with Crippen molar-refractivity contribution in [1.29, 1.82) is 0 Å². The second-order valence-electron chi connectivity index (χ2n) is 5.26. The van der Waals surface area contributed by atoms with Gasteiger partial charge in [-0.25, -0.2) is 11.0 Å². The van der Waals surface area contributed by atoms with Crippen molar-refractivity contribution >= 4 is 5.91 Å². The molecule has 0 aromatic heterocycles. The molecule has 1 unspecified atom stereocenters. The van der Waals surface area contributed by atoms with Gasteiger partial charge in [-0.05, 0) is 11.1 Å². The van der Waals surface area contributed by atoms with Gasteiger partial charge < -0.3 is 0 Å². The topological polar surface area (TPSA) is 59.6 Å². The molecule has 0 radical (unpaired) electrons.